The predicted molar refractivity (Wildman–Crippen MR) is 83.3 cm³/mol. The van der Waals surface area contributed by atoms with Gasteiger partial charge >= 0.3 is 0 Å². The molecule has 20 heavy (non-hydrogen) atoms. The van der Waals surface area contributed by atoms with Gasteiger partial charge in [0.1, 0.15) is 0 Å². The number of aryl methyl sites for hydroxylation is 2. The number of nitrogens with one attached hydrogen (secondary N) is 1. The van der Waals surface area contributed by atoms with Crippen molar-refractivity contribution < 1.29 is 9.59 Å². The Labute approximate surface area is 125 Å². The third-order valence-corrected chi connectivity index (χ3v) is 4.20. The molecule has 0 aliphatic heterocycles. The van der Waals surface area contributed by atoms with Crippen LogP contribution in [0, 0.1) is 13.8 Å². The van der Waals surface area contributed by atoms with Gasteiger partial charge in [-0.3, -0.25) is 9.59 Å². The molecule has 112 valence electrons. The summed E-state index contributed by atoms with van der Waals surface area (Å²) in [6.07, 6.45) is 1.74. The summed E-state index contributed by atoms with van der Waals surface area (Å²) in [5, 5.41) is 2.81. The smallest absolute Gasteiger partial charge is 0.264 e. The van der Waals surface area contributed by atoms with Crippen LogP contribution in [0.4, 0.5) is 0 Å². The van der Waals surface area contributed by atoms with Crippen LogP contribution in [-0.2, 0) is 4.79 Å². The molecule has 0 aliphatic carbocycles. The summed E-state index contributed by atoms with van der Waals surface area (Å²) in [7, 11) is 0. The van der Waals surface area contributed by atoms with Crippen LogP contribution in [0.25, 0.3) is 0 Å². The van der Waals surface area contributed by atoms with E-state index in [0.717, 1.165) is 28.2 Å². The van der Waals surface area contributed by atoms with E-state index in [0.29, 0.717) is 13.1 Å². The van der Waals surface area contributed by atoms with Crippen LogP contribution in [0.5, 0.6) is 0 Å². The van der Waals surface area contributed by atoms with Crippen molar-refractivity contribution in [3.63, 3.8) is 0 Å². The minimum absolute atomic E-state index is 0.0419. The van der Waals surface area contributed by atoms with Crippen molar-refractivity contribution >= 4 is 23.2 Å². The Hall–Kier alpha value is -1.36. The summed E-state index contributed by atoms with van der Waals surface area (Å²) in [6, 6.07) is 1.91. The van der Waals surface area contributed by atoms with E-state index >= 15 is 0 Å². The summed E-state index contributed by atoms with van der Waals surface area (Å²) < 4.78 is 0. The summed E-state index contributed by atoms with van der Waals surface area (Å²) in [5.41, 5.74) is 1.13. The molecule has 0 aromatic carbocycles. The summed E-state index contributed by atoms with van der Waals surface area (Å²) in [6.45, 7) is 9.43. The molecule has 5 heteroatoms. The summed E-state index contributed by atoms with van der Waals surface area (Å²) in [5.74, 6) is -0.127. The maximum Gasteiger partial charge on any atom is 0.264 e. The van der Waals surface area contributed by atoms with Gasteiger partial charge in [-0.1, -0.05) is 13.8 Å². The van der Waals surface area contributed by atoms with Gasteiger partial charge < -0.3 is 10.2 Å². The minimum atomic E-state index is -0.0846. The second kappa shape index (κ2) is 8.04. The highest BCUT2D eigenvalue weighted by atomic mass is 32.1. The van der Waals surface area contributed by atoms with Crippen molar-refractivity contribution in [2.24, 2.45) is 0 Å². The summed E-state index contributed by atoms with van der Waals surface area (Å²) in [4.78, 5) is 27.8. The Kier molecular flexibility index (Phi) is 6.71. The van der Waals surface area contributed by atoms with Crippen molar-refractivity contribution in [2.45, 2.75) is 40.5 Å². The van der Waals surface area contributed by atoms with Gasteiger partial charge in [0.05, 0.1) is 11.4 Å². The number of carbonyl (C=O) groups excluding carboxylic acids is 2. The lowest BCUT2D eigenvalue weighted by molar-refractivity contribution is -0.121. The quantitative estimate of drug-likeness (QED) is 0.841. The van der Waals surface area contributed by atoms with Crippen molar-refractivity contribution in [2.75, 3.05) is 19.6 Å². The molecule has 0 radical (unpaired) electrons. The highest BCUT2D eigenvalue weighted by molar-refractivity contribution is 7.14. The maximum atomic E-state index is 12.5. The number of thiophene rings is 1. The van der Waals surface area contributed by atoms with Crippen molar-refractivity contribution in [1.29, 1.82) is 0 Å². The zero-order valence-corrected chi connectivity index (χ0v) is 13.6. The van der Waals surface area contributed by atoms with Gasteiger partial charge in [0.2, 0.25) is 5.91 Å². The zero-order chi connectivity index (χ0) is 15.1. The number of nitrogens with zero attached hydrogens (tertiary/aromatic N) is 1. The van der Waals surface area contributed by atoms with E-state index in [2.05, 4.69) is 5.32 Å². The molecule has 0 saturated heterocycles. The van der Waals surface area contributed by atoms with Crippen LogP contribution in [0.1, 0.15) is 46.8 Å². The fraction of sp³-hybridized carbons (Fsp3) is 0.600. The molecule has 1 aromatic rings. The molecule has 0 spiro atoms. The molecule has 1 heterocycles. The van der Waals surface area contributed by atoms with E-state index in [1.165, 1.54) is 11.3 Å². The summed E-state index contributed by atoms with van der Waals surface area (Å²) >= 11 is 1.50. The van der Waals surface area contributed by atoms with E-state index in [4.69, 9.17) is 0 Å². The lowest BCUT2D eigenvalue weighted by atomic mass is 10.2. The molecule has 0 bridgehead atoms. The zero-order valence-electron chi connectivity index (χ0n) is 12.8. The second-order valence-electron chi connectivity index (χ2n) is 4.93. The van der Waals surface area contributed by atoms with Gasteiger partial charge in [0.15, 0.2) is 0 Å². The molecule has 0 aliphatic rings. The van der Waals surface area contributed by atoms with Crippen molar-refractivity contribution in [1.82, 2.24) is 10.2 Å². The molecular weight excluding hydrogens is 272 g/mol. The van der Waals surface area contributed by atoms with E-state index in [9.17, 15) is 9.59 Å². The first kappa shape index (κ1) is 16.7. The number of carbonyl (C=O) groups is 2. The second-order valence-corrected chi connectivity index (χ2v) is 6.18. The molecule has 0 unspecified atom stereocenters. The lowest BCUT2D eigenvalue weighted by Crippen LogP contribution is -2.41. The van der Waals surface area contributed by atoms with Crippen LogP contribution >= 0.6 is 11.3 Å². The molecule has 0 atom stereocenters. The third kappa shape index (κ3) is 4.63. The Morgan fingerprint density at radius 3 is 2.45 bits per heavy atom. The average Bonchev–Trinajstić information content (AvgIpc) is 2.75. The molecule has 1 aromatic heterocycles. The molecule has 0 saturated carbocycles. The van der Waals surface area contributed by atoms with Crippen LogP contribution in [-0.4, -0.2) is 36.3 Å². The van der Waals surface area contributed by atoms with E-state index in [-0.39, 0.29) is 18.4 Å². The maximum absolute atomic E-state index is 12.5. The first-order valence-corrected chi connectivity index (χ1v) is 7.94. The first-order chi connectivity index (χ1) is 9.49. The van der Waals surface area contributed by atoms with E-state index < -0.39 is 0 Å². The van der Waals surface area contributed by atoms with Gasteiger partial charge in [-0.05, 0) is 38.3 Å². The average molecular weight is 296 g/mol. The van der Waals surface area contributed by atoms with E-state index in [1.807, 2.05) is 33.8 Å². The van der Waals surface area contributed by atoms with Crippen molar-refractivity contribution in [3.8, 4) is 0 Å². The molecule has 2 amide bonds. The normalized spacial score (nSPS) is 10.4. The topological polar surface area (TPSA) is 49.4 Å². The fourth-order valence-electron chi connectivity index (χ4n) is 1.85. The molecular formula is C15H24N2O2S. The molecule has 1 rings (SSSR count). The van der Waals surface area contributed by atoms with Crippen LogP contribution < -0.4 is 5.32 Å². The molecule has 1 N–H and O–H groups in total. The third-order valence-electron chi connectivity index (χ3n) is 3.06. The molecule has 4 nitrogen and oxygen atoms in total. The largest absolute Gasteiger partial charge is 0.355 e. The Morgan fingerprint density at radius 2 is 1.95 bits per heavy atom. The number of amides is 2. The van der Waals surface area contributed by atoms with E-state index in [1.54, 1.807) is 4.90 Å². The van der Waals surface area contributed by atoms with Crippen LogP contribution in [0.3, 0.4) is 0 Å². The van der Waals surface area contributed by atoms with Gasteiger partial charge in [0.25, 0.3) is 5.91 Å². The minimum Gasteiger partial charge on any atom is -0.355 e. The Balaban J connectivity index is 2.74. The number of hydrogen-bond donors (Lipinski definition) is 1. The van der Waals surface area contributed by atoms with Gasteiger partial charge in [-0.25, -0.2) is 0 Å². The van der Waals surface area contributed by atoms with Crippen molar-refractivity contribution in [3.05, 3.63) is 21.4 Å². The monoisotopic (exact) mass is 296 g/mol. The standard InChI is InChI=1S/C15H24N2O2S/c1-5-7-16-14(18)10-17(8-6-2)15(19)13-9-11(3)12(4)20-13/h9H,5-8,10H2,1-4H3,(H,16,18). The highest BCUT2D eigenvalue weighted by Gasteiger charge is 2.20. The molecule has 0 fully saturated rings. The Morgan fingerprint density at radius 1 is 1.25 bits per heavy atom. The number of rotatable bonds is 7. The lowest BCUT2D eigenvalue weighted by Gasteiger charge is -2.20. The van der Waals surface area contributed by atoms with Crippen LogP contribution in [0.2, 0.25) is 0 Å². The highest BCUT2D eigenvalue weighted by Crippen LogP contribution is 2.22. The fourth-order valence-corrected chi connectivity index (χ4v) is 2.85. The van der Waals surface area contributed by atoms with Crippen LogP contribution in [0.15, 0.2) is 6.07 Å². The SMILES string of the molecule is CCCNC(=O)CN(CCC)C(=O)c1cc(C)c(C)s1. The van der Waals surface area contributed by atoms with Gasteiger partial charge in [-0.2, -0.15) is 0 Å². The Bertz CT molecular complexity index is 449. The first-order valence-electron chi connectivity index (χ1n) is 7.12. The number of hydrogen-bond acceptors (Lipinski definition) is 3. The predicted octanol–water partition coefficient (Wildman–Crippen LogP) is 2.74. The van der Waals surface area contributed by atoms with Gasteiger partial charge in [-0.15, -0.1) is 11.3 Å². The van der Waals surface area contributed by atoms with Gasteiger partial charge in [0, 0.05) is 18.0 Å².